The fourth-order valence-corrected chi connectivity index (χ4v) is 2.35. The fraction of sp³-hybridized carbons (Fsp3) is 0.471. The molecule has 0 radical (unpaired) electrons. The molecule has 0 bridgehead atoms. The molecule has 0 N–H and O–H groups in total. The van der Waals surface area contributed by atoms with Crippen LogP contribution in [0.15, 0.2) is 6.07 Å². The van der Waals surface area contributed by atoms with Crippen LogP contribution in [0.25, 0.3) is 0 Å². The number of halogens is 4. The number of pyridine rings is 1. The van der Waals surface area contributed by atoms with Crippen LogP contribution in [0.5, 0.6) is 0 Å². The number of carbonyl (C=O) groups excluding carboxylic acids is 4. The summed E-state index contributed by atoms with van der Waals surface area (Å²) in [5.74, 6) is -2.40. The van der Waals surface area contributed by atoms with Crippen molar-refractivity contribution in [2.75, 3.05) is 24.4 Å². The van der Waals surface area contributed by atoms with Crippen LogP contribution in [0.2, 0.25) is 0 Å². The molecule has 9 nitrogen and oxygen atoms in total. The Morgan fingerprint density at radius 3 is 2.00 bits per heavy atom. The van der Waals surface area contributed by atoms with Crippen LogP contribution >= 0.6 is 15.9 Å². The normalized spacial score (nSPS) is 11.5. The lowest BCUT2D eigenvalue weighted by molar-refractivity contribution is -0.138. The van der Waals surface area contributed by atoms with E-state index in [0.29, 0.717) is 0 Å². The molecule has 1 rings (SSSR count). The van der Waals surface area contributed by atoms with Crippen molar-refractivity contribution in [1.82, 2.24) is 4.98 Å². The summed E-state index contributed by atoms with van der Waals surface area (Å²) < 4.78 is 54.7. The van der Waals surface area contributed by atoms with E-state index >= 15 is 0 Å². The molecule has 0 fully saturated rings. The molecular weight excluding hydrogens is 481 g/mol. The Bertz CT molecular complexity index is 866. The van der Waals surface area contributed by atoms with E-state index in [1.165, 1.54) is 20.8 Å². The van der Waals surface area contributed by atoms with Gasteiger partial charge in [0.25, 0.3) is 0 Å². The van der Waals surface area contributed by atoms with E-state index in [1.54, 1.807) is 0 Å². The summed E-state index contributed by atoms with van der Waals surface area (Å²) in [5.41, 5.74) is -5.65. The van der Waals surface area contributed by atoms with Crippen LogP contribution in [0.4, 0.5) is 28.4 Å². The number of ether oxygens (including phenoxy) is 3. The molecular formula is C17H18BrF3N2O7. The Hall–Kier alpha value is -2.70. The van der Waals surface area contributed by atoms with Crippen molar-refractivity contribution in [3.05, 3.63) is 23.0 Å². The summed E-state index contributed by atoms with van der Waals surface area (Å²) in [6, 6.07) is 0.260. The summed E-state index contributed by atoms with van der Waals surface area (Å²) in [6.45, 7) is 4.33. The van der Waals surface area contributed by atoms with E-state index in [9.17, 15) is 32.3 Å². The zero-order chi connectivity index (χ0) is 23.4. The molecule has 0 aliphatic rings. The van der Waals surface area contributed by atoms with E-state index in [0.717, 1.165) is 14.2 Å². The van der Waals surface area contributed by atoms with Gasteiger partial charge in [0, 0.05) is 0 Å². The van der Waals surface area contributed by atoms with E-state index in [2.05, 4.69) is 30.4 Å². The van der Waals surface area contributed by atoms with E-state index in [-0.39, 0.29) is 11.0 Å². The summed E-state index contributed by atoms with van der Waals surface area (Å²) in [4.78, 5) is 52.4. The number of carbonyl (C=O) groups is 4. The summed E-state index contributed by atoms with van der Waals surface area (Å²) in [6.07, 6.45) is -8.00. The lowest BCUT2D eigenvalue weighted by atomic mass is 10.1. The molecule has 0 aliphatic heterocycles. The zero-order valence-corrected chi connectivity index (χ0v) is 18.1. The number of methoxy groups -OCH3 is 2. The number of rotatable bonds is 4. The molecule has 0 spiro atoms. The topological polar surface area (TPSA) is 112 Å². The molecule has 166 valence electrons. The molecule has 0 saturated heterocycles. The second-order valence-electron chi connectivity index (χ2n) is 6.58. The molecule has 0 unspecified atom stereocenters. The number of nitrogens with zero attached hydrogens (tertiary/aromatic N) is 2. The zero-order valence-electron chi connectivity index (χ0n) is 16.5. The van der Waals surface area contributed by atoms with E-state index in [1.807, 2.05) is 0 Å². The van der Waals surface area contributed by atoms with Gasteiger partial charge in [-0.2, -0.15) is 18.1 Å². The first-order valence-corrected chi connectivity index (χ1v) is 9.20. The van der Waals surface area contributed by atoms with Crippen molar-refractivity contribution < 1.29 is 46.6 Å². The summed E-state index contributed by atoms with van der Waals surface area (Å²) in [5, 5.41) is -0.532. The van der Waals surface area contributed by atoms with Crippen molar-refractivity contribution in [3.63, 3.8) is 0 Å². The molecule has 0 aliphatic carbocycles. The Morgan fingerprint density at radius 1 is 1.03 bits per heavy atom. The largest absolute Gasteiger partial charge is 0.464 e. The number of aromatic nitrogens is 1. The Kier molecular flexibility index (Phi) is 7.95. The van der Waals surface area contributed by atoms with Gasteiger partial charge >= 0.3 is 24.3 Å². The smallest absolute Gasteiger partial charge is 0.424 e. The molecule has 0 atom stereocenters. The van der Waals surface area contributed by atoms with Crippen LogP contribution in [-0.2, 0) is 20.4 Å². The van der Waals surface area contributed by atoms with Gasteiger partial charge in [0.05, 0.1) is 30.8 Å². The van der Waals surface area contributed by atoms with Gasteiger partial charge in [-0.1, -0.05) is 15.9 Å². The van der Waals surface area contributed by atoms with E-state index < -0.39 is 63.7 Å². The van der Waals surface area contributed by atoms with Crippen molar-refractivity contribution in [3.8, 4) is 0 Å². The number of hydrogen-bond acceptors (Lipinski definition) is 8. The van der Waals surface area contributed by atoms with Crippen LogP contribution in [0.1, 0.15) is 47.3 Å². The first-order chi connectivity index (χ1) is 13.7. The molecule has 1 heterocycles. The highest BCUT2D eigenvalue weighted by Gasteiger charge is 2.41. The average molecular weight is 499 g/mol. The maximum absolute atomic E-state index is 13.6. The Morgan fingerprint density at radius 2 is 1.60 bits per heavy atom. The van der Waals surface area contributed by atoms with Gasteiger partial charge in [-0.05, 0) is 26.8 Å². The van der Waals surface area contributed by atoms with Gasteiger partial charge in [0.2, 0.25) is 0 Å². The van der Waals surface area contributed by atoms with Gasteiger partial charge in [-0.15, -0.1) is 0 Å². The van der Waals surface area contributed by atoms with Crippen molar-refractivity contribution in [1.29, 1.82) is 0 Å². The molecule has 2 amide bonds. The average Bonchev–Trinajstić information content (AvgIpc) is 2.64. The maximum atomic E-state index is 13.6. The molecule has 30 heavy (non-hydrogen) atoms. The highest BCUT2D eigenvalue weighted by atomic mass is 79.9. The molecule has 0 aromatic carbocycles. The predicted molar refractivity (Wildman–Crippen MR) is 99.8 cm³/mol. The molecule has 1 aromatic rings. The lowest BCUT2D eigenvalue weighted by Crippen LogP contribution is -2.42. The Balaban J connectivity index is 3.93. The third kappa shape index (κ3) is 5.90. The molecule has 1 aromatic heterocycles. The molecule has 0 saturated carbocycles. The summed E-state index contributed by atoms with van der Waals surface area (Å²) >= 11 is 2.74. The fourth-order valence-electron chi connectivity index (χ4n) is 2.08. The number of amides is 2. The maximum Gasteiger partial charge on any atom is 0.424 e. The number of alkyl halides is 4. The highest BCUT2D eigenvalue weighted by Crippen LogP contribution is 2.36. The second-order valence-corrected chi connectivity index (χ2v) is 7.14. The third-order valence-corrected chi connectivity index (χ3v) is 3.76. The SMILES string of the molecule is COC(=O)c1nc(C(=O)CBr)c(C(F)(F)F)cc1N(C(=O)OC)C(=O)OC(C)(C)C. The summed E-state index contributed by atoms with van der Waals surface area (Å²) in [7, 11) is 1.76. The third-order valence-electron chi connectivity index (χ3n) is 3.25. The van der Waals surface area contributed by atoms with E-state index in [4.69, 9.17) is 4.74 Å². The van der Waals surface area contributed by atoms with Gasteiger partial charge in [-0.25, -0.2) is 19.4 Å². The van der Waals surface area contributed by atoms with Crippen LogP contribution in [0.3, 0.4) is 0 Å². The van der Waals surface area contributed by atoms with Crippen LogP contribution in [-0.4, -0.2) is 54.1 Å². The van der Waals surface area contributed by atoms with Crippen molar-refractivity contribution in [2.45, 2.75) is 32.5 Å². The van der Waals surface area contributed by atoms with Crippen molar-refractivity contribution in [2.24, 2.45) is 0 Å². The van der Waals surface area contributed by atoms with Crippen LogP contribution < -0.4 is 4.90 Å². The van der Waals surface area contributed by atoms with Crippen LogP contribution in [0, 0.1) is 0 Å². The number of esters is 1. The minimum atomic E-state index is -5.11. The van der Waals surface area contributed by atoms with Crippen molar-refractivity contribution >= 4 is 45.6 Å². The number of imide groups is 1. The standard InChI is InChI=1S/C17H18BrF3N2O7/c1-16(2,3)30-15(27)23(14(26)29-5)9-6-8(17(19,20)21)11(10(24)7-18)22-12(9)13(25)28-4/h6H,7H2,1-5H3. The Labute approximate surface area is 177 Å². The number of anilines is 1. The van der Waals surface area contributed by atoms with Gasteiger partial charge in [0.15, 0.2) is 11.5 Å². The second kappa shape index (κ2) is 9.41. The molecule has 13 heteroatoms. The number of ketones is 1. The first kappa shape index (κ1) is 25.3. The van der Waals surface area contributed by atoms with Gasteiger partial charge in [0.1, 0.15) is 11.3 Å². The predicted octanol–water partition coefficient (Wildman–Crippen LogP) is 3.97. The number of hydrogen-bond donors (Lipinski definition) is 0. The lowest BCUT2D eigenvalue weighted by Gasteiger charge is -2.26. The minimum Gasteiger partial charge on any atom is -0.464 e. The quantitative estimate of drug-likeness (QED) is 0.265. The first-order valence-electron chi connectivity index (χ1n) is 8.08. The minimum absolute atomic E-state index is 0.0577. The monoisotopic (exact) mass is 498 g/mol. The highest BCUT2D eigenvalue weighted by molar-refractivity contribution is 9.09. The van der Waals surface area contributed by atoms with Gasteiger partial charge < -0.3 is 14.2 Å². The number of Topliss-reactive ketones (excluding diaryl/α,β-unsaturated/α-hetero) is 1. The van der Waals surface area contributed by atoms with Gasteiger partial charge in [-0.3, -0.25) is 4.79 Å².